The molecule has 1 aromatic rings. The molecule has 122 valence electrons. The smallest absolute Gasteiger partial charge is 0.258 e. The minimum absolute atomic E-state index is 0.136. The molecule has 0 saturated heterocycles. The van der Waals surface area contributed by atoms with Crippen LogP contribution in [0.4, 0.5) is 5.69 Å². The highest BCUT2D eigenvalue weighted by molar-refractivity contribution is 8.14. The highest BCUT2D eigenvalue weighted by Gasteiger charge is 2.19. The van der Waals surface area contributed by atoms with Crippen molar-refractivity contribution in [2.75, 3.05) is 5.75 Å². The Morgan fingerprint density at radius 2 is 2.13 bits per heavy atom. The lowest BCUT2D eigenvalue weighted by molar-refractivity contribution is -0.385. The number of aliphatic imine (C=N–C) groups is 1. The third-order valence-electron chi connectivity index (χ3n) is 4.25. The maximum absolute atomic E-state index is 11.1. The second-order valence-corrected chi connectivity index (χ2v) is 6.91. The predicted octanol–water partition coefficient (Wildman–Crippen LogP) is 3.63. The van der Waals surface area contributed by atoms with Gasteiger partial charge in [0.15, 0.2) is 5.17 Å². The Morgan fingerprint density at radius 3 is 2.78 bits per heavy atom. The van der Waals surface area contributed by atoms with Crippen LogP contribution in [0.5, 0.6) is 0 Å². The SMILES string of the molecule is Cc1ccc(C2=NNC(=NC3CCCCC3)SC2)cc1[N+](=O)[O-]. The van der Waals surface area contributed by atoms with Crippen molar-refractivity contribution in [1.29, 1.82) is 0 Å². The zero-order chi connectivity index (χ0) is 16.2. The van der Waals surface area contributed by atoms with E-state index in [1.165, 1.54) is 19.3 Å². The van der Waals surface area contributed by atoms with Crippen molar-refractivity contribution in [3.63, 3.8) is 0 Å². The van der Waals surface area contributed by atoms with Crippen molar-refractivity contribution in [2.45, 2.75) is 45.1 Å². The van der Waals surface area contributed by atoms with Crippen molar-refractivity contribution >= 4 is 28.3 Å². The van der Waals surface area contributed by atoms with Gasteiger partial charge >= 0.3 is 0 Å². The molecule has 0 bridgehead atoms. The van der Waals surface area contributed by atoms with Crippen molar-refractivity contribution in [1.82, 2.24) is 5.43 Å². The number of rotatable bonds is 3. The van der Waals surface area contributed by atoms with Gasteiger partial charge in [-0.2, -0.15) is 5.10 Å². The summed E-state index contributed by atoms with van der Waals surface area (Å²) in [7, 11) is 0. The number of hydrogen-bond donors (Lipinski definition) is 1. The summed E-state index contributed by atoms with van der Waals surface area (Å²) < 4.78 is 0. The Labute approximate surface area is 139 Å². The number of nitro benzene ring substituents is 1. The van der Waals surface area contributed by atoms with E-state index in [9.17, 15) is 10.1 Å². The Hall–Kier alpha value is -1.89. The number of benzene rings is 1. The first-order valence-electron chi connectivity index (χ1n) is 7.92. The van der Waals surface area contributed by atoms with Gasteiger partial charge in [0.25, 0.3) is 5.69 Å². The van der Waals surface area contributed by atoms with Crippen LogP contribution in [-0.4, -0.2) is 27.6 Å². The quantitative estimate of drug-likeness (QED) is 0.677. The molecule has 1 aliphatic heterocycles. The van der Waals surface area contributed by atoms with Crippen molar-refractivity contribution in [2.24, 2.45) is 10.1 Å². The molecule has 7 heteroatoms. The van der Waals surface area contributed by atoms with Crippen molar-refractivity contribution < 1.29 is 4.92 Å². The first kappa shape index (κ1) is 16.0. The molecular formula is C16H20N4O2S. The van der Waals surface area contributed by atoms with E-state index in [1.807, 2.05) is 6.07 Å². The fourth-order valence-electron chi connectivity index (χ4n) is 2.89. The number of hydrogen-bond acceptors (Lipinski definition) is 5. The normalized spacial score (nSPS) is 20.9. The summed E-state index contributed by atoms with van der Waals surface area (Å²) in [6.45, 7) is 1.74. The van der Waals surface area contributed by atoms with Crippen LogP contribution >= 0.6 is 11.8 Å². The first-order chi connectivity index (χ1) is 11.1. The van der Waals surface area contributed by atoms with Crippen molar-refractivity contribution in [3.05, 3.63) is 39.4 Å². The highest BCUT2D eigenvalue weighted by Crippen LogP contribution is 2.24. The molecule has 0 spiro atoms. The van der Waals surface area contributed by atoms with E-state index in [0.29, 0.717) is 17.4 Å². The zero-order valence-corrected chi connectivity index (χ0v) is 13.9. The molecule has 3 rings (SSSR count). The fourth-order valence-corrected chi connectivity index (χ4v) is 3.73. The van der Waals surface area contributed by atoms with E-state index in [4.69, 9.17) is 4.99 Å². The average molecular weight is 332 g/mol. The molecule has 6 nitrogen and oxygen atoms in total. The summed E-state index contributed by atoms with van der Waals surface area (Å²) in [5.41, 5.74) is 5.42. The third kappa shape index (κ3) is 3.90. The minimum atomic E-state index is -0.348. The van der Waals surface area contributed by atoms with E-state index >= 15 is 0 Å². The molecule has 1 aromatic carbocycles. The van der Waals surface area contributed by atoms with Crippen LogP contribution in [0.25, 0.3) is 0 Å². The lowest BCUT2D eigenvalue weighted by Gasteiger charge is -2.21. The molecule has 2 aliphatic rings. The first-order valence-corrected chi connectivity index (χ1v) is 8.90. The number of nitrogens with one attached hydrogen (secondary N) is 1. The molecule has 23 heavy (non-hydrogen) atoms. The van der Waals surface area contributed by atoms with Gasteiger partial charge in [-0.3, -0.25) is 20.5 Å². The lowest BCUT2D eigenvalue weighted by Crippen LogP contribution is -2.27. The molecule has 0 atom stereocenters. The van der Waals surface area contributed by atoms with Gasteiger partial charge in [0, 0.05) is 22.9 Å². The molecule has 0 radical (unpaired) electrons. The number of amidine groups is 1. The van der Waals surface area contributed by atoms with Crippen LogP contribution in [0.2, 0.25) is 0 Å². The molecule has 1 fully saturated rings. The summed E-state index contributed by atoms with van der Waals surface area (Å²) in [5.74, 6) is 0.679. The maximum atomic E-state index is 11.1. The largest absolute Gasteiger partial charge is 0.272 e. The second-order valence-electron chi connectivity index (χ2n) is 5.94. The molecular weight excluding hydrogens is 312 g/mol. The Kier molecular flexibility index (Phi) is 4.95. The van der Waals surface area contributed by atoms with Crippen molar-refractivity contribution in [3.8, 4) is 0 Å². The molecule has 1 aliphatic carbocycles. The molecule has 1 heterocycles. The third-order valence-corrected chi connectivity index (χ3v) is 5.13. The Bertz CT molecular complexity index is 666. The van der Waals surface area contributed by atoms with Gasteiger partial charge in [0.05, 0.1) is 16.7 Å². The van der Waals surface area contributed by atoms with E-state index in [0.717, 1.165) is 29.3 Å². The maximum Gasteiger partial charge on any atom is 0.272 e. The molecule has 0 amide bonds. The number of aryl methyl sites for hydroxylation is 1. The van der Waals surface area contributed by atoms with E-state index in [2.05, 4.69) is 10.5 Å². The number of thioether (sulfide) groups is 1. The Balaban J connectivity index is 1.72. The number of nitrogens with zero attached hydrogens (tertiary/aromatic N) is 3. The summed E-state index contributed by atoms with van der Waals surface area (Å²) >= 11 is 1.62. The highest BCUT2D eigenvalue weighted by atomic mass is 32.2. The van der Waals surface area contributed by atoms with Crippen LogP contribution < -0.4 is 5.43 Å². The van der Waals surface area contributed by atoms with E-state index in [-0.39, 0.29) is 10.6 Å². The predicted molar refractivity (Wildman–Crippen MR) is 94.3 cm³/mol. The van der Waals surface area contributed by atoms with Crippen LogP contribution in [0.1, 0.15) is 43.2 Å². The Morgan fingerprint density at radius 1 is 1.35 bits per heavy atom. The summed E-state index contributed by atoms with van der Waals surface area (Å²) in [6.07, 6.45) is 6.15. The fraction of sp³-hybridized carbons (Fsp3) is 0.500. The van der Waals surface area contributed by atoms with Gasteiger partial charge in [-0.15, -0.1) is 0 Å². The van der Waals surface area contributed by atoms with E-state index < -0.39 is 0 Å². The van der Waals surface area contributed by atoms with E-state index in [1.54, 1.807) is 30.8 Å². The summed E-state index contributed by atoms with van der Waals surface area (Å²) in [4.78, 5) is 15.4. The van der Waals surface area contributed by atoms with Crippen LogP contribution in [0.3, 0.4) is 0 Å². The molecule has 1 saturated carbocycles. The monoisotopic (exact) mass is 332 g/mol. The van der Waals surface area contributed by atoms with Gasteiger partial charge in [0.1, 0.15) is 0 Å². The average Bonchev–Trinajstić information content (AvgIpc) is 2.57. The number of nitro groups is 1. The van der Waals surface area contributed by atoms with Crippen LogP contribution in [0.15, 0.2) is 28.3 Å². The lowest BCUT2D eigenvalue weighted by atomic mass is 9.96. The summed E-state index contributed by atoms with van der Waals surface area (Å²) in [6, 6.07) is 5.66. The summed E-state index contributed by atoms with van der Waals surface area (Å²) in [5, 5.41) is 16.3. The van der Waals surface area contributed by atoms with Gasteiger partial charge in [-0.25, -0.2) is 0 Å². The topological polar surface area (TPSA) is 79.9 Å². The molecule has 1 N–H and O–H groups in total. The standard InChI is InChI=1S/C16H20N4O2S/c1-11-7-8-12(9-15(11)20(21)22)14-10-23-16(19-18-14)17-13-5-3-2-4-6-13/h7-9,13H,2-6,10H2,1H3,(H,17,19). The van der Waals surface area contributed by atoms with Crippen LogP contribution in [0, 0.1) is 17.0 Å². The molecule has 0 aromatic heterocycles. The van der Waals surface area contributed by atoms with Gasteiger partial charge in [0.2, 0.25) is 0 Å². The molecule has 0 unspecified atom stereocenters. The zero-order valence-electron chi connectivity index (χ0n) is 13.1. The van der Waals surface area contributed by atoms with Gasteiger partial charge < -0.3 is 0 Å². The minimum Gasteiger partial charge on any atom is -0.258 e. The second kappa shape index (κ2) is 7.12. The number of hydrazone groups is 1. The van der Waals surface area contributed by atoms with Gasteiger partial charge in [-0.1, -0.05) is 43.2 Å². The van der Waals surface area contributed by atoms with Crippen LogP contribution in [-0.2, 0) is 0 Å². The van der Waals surface area contributed by atoms with Gasteiger partial charge in [-0.05, 0) is 19.8 Å².